The second-order valence-corrected chi connectivity index (χ2v) is 6.47. The molecule has 0 aliphatic rings. The van der Waals surface area contributed by atoms with Crippen LogP contribution in [0.2, 0.25) is 0 Å². The van der Waals surface area contributed by atoms with E-state index in [4.69, 9.17) is 30.6 Å². The number of carbonyl (C=O) groups is 4. The van der Waals surface area contributed by atoms with Gasteiger partial charge in [-0.15, -0.1) is 0 Å². The standard InChI is InChI=1S/C20H30N4O9/c21-17(25)12-31-13-18(26)23-5-7-29-9-10-30-8-6-24-19(27)14-32-20(28)16-3-1-15(2-4-16)11-33-22/h1-4H,5-14,22H2,(H2,21,25)(H,23,26)(H,24,27). The highest BCUT2D eigenvalue weighted by atomic mass is 16.6. The Morgan fingerprint density at radius 3 is 1.88 bits per heavy atom. The molecule has 184 valence electrons. The molecule has 6 N–H and O–H groups in total. The van der Waals surface area contributed by atoms with Crippen molar-refractivity contribution in [3.8, 4) is 0 Å². The van der Waals surface area contributed by atoms with Gasteiger partial charge in [0.05, 0.1) is 38.6 Å². The quantitative estimate of drug-likeness (QED) is 0.106. The zero-order chi connectivity index (χ0) is 24.3. The maximum absolute atomic E-state index is 11.9. The van der Waals surface area contributed by atoms with E-state index in [1.807, 2.05) is 0 Å². The van der Waals surface area contributed by atoms with Crippen LogP contribution < -0.4 is 22.3 Å². The van der Waals surface area contributed by atoms with Crippen LogP contribution in [0.15, 0.2) is 24.3 Å². The molecular formula is C20H30N4O9. The fraction of sp³-hybridized carbons (Fsp3) is 0.500. The van der Waals surface area contributed by atoms with Crippen LogP contribution in [-0.2, 0) is 44.8 Å². The molecule has 0 saturated heterocycles. The Bertz CT molecular complexity index is 744. The topological polar surface area (TPSA) is 191 Å². The fourth-order valence-electron chi connectivity index (χ4n) is 2.24. The third-order valence-corrected chi connectivity index (χ3v) is 3.76. The summed E-state index contributed by atoms with van der Waals surface area (Å²) in [5.74, 6) is 2.88. The molecule has 0 unspecified atom stereocenters. The highest BCUT2D eigenvalue weighted by Crippen LogP contribution is 2.06. The summed E-state index contributed by atoms with van der Waals surface area (Å²) in [5.41, 5.74) is 5.98. The molecule has 0 fully saturated rings. The van der Waals surface area contributed by atoms with Crippen LogP contribution in [0.5, 0.6) is 0 Å². The molecule has 33 heavy (non-hydrogen) atoms. The number of ether oxygens (including phenoxy) is 4. The molecule has 0 heterocycles. The highest BCUT2D eigenvalue weighted by Gasteiger charge is 2.10. The van der Waals surface area contributed by atoms with Crippen molar-refractivity contribution >= 4 is 23.7 Å². The van der Waals surface area contributed by atoms with Crippen molar-refractivity contribution < 1.29 is 43.0 Å². The van der Waals surface area contributed by atoms with Gasteiger partial charge in [0.25, 0.3) is 5.91 Å². The van der Waals surface area contributed by atoms with Crippen molar-refractivity contribution in [3.05, 3.63) is 35.4 Å². The Kier molecular flexibility index (Phi) is 14.8. The summed E-state index contributed by atoms with van der Waals surface area (Å²) in [6.45, 7) is 0.892. The van der Waals surface area contributed by atoms with Gasteiger partial charge in [0, 0.05) is 13.1 Å². The van der Waals surface area contributed by atoms with Crippen molar-refractivity contribution in [2.75, 3.05) is 59.3 Å². The molecule has 0 saturated carbocycles. The minimum atomic E-state index is -0.647. The Morgan fingerprint density at radius 2 is 1.33 bits per heavy atom. The average Bonchev–Trinajstić information content (AvgIpc) is 2.79. The van der Waals surface area contributed by atoms with E-state index in [0.29, 0.717) is 18.8 Å². The van der Waals surface area contributed by atoms with Gasteiger partial charge >= 0.3 is 5.97 Å². The maximum Gasteiger partial charge on any atom is 0.338 e. The molecule has 13 heteroatoms. The lowest BCUT2D eigenvalue weighted by atomic mass is 10.1. The Labute approximate surface area is 190 Å². The number of primary amides is 1. The first-order valence-corrected chi connectivity index (χ1v) is 10.0. The molecule has 13 nitrogen and oxygen atoms in total. The second-order valence-electron chi connectivity index (χ2n) is 6.47. The lowest BCUT2D eigenvalue weighted by Gasteiger charge is -2.09. The molecule has 0 bridgehead atoms. The number of esters is 1. The molecule has 0 aliphatic carbocycles. The first-order valence-electron chi connectivity index (χ1n) is 10.0. The number of carbonyl (C=O) groups excluding carboxylic acids is 4. The molecule has 0 aliphatic heterocycles. The third kappa shape index (κ3) is 14.6. The van der Waals surface area contributed by atoms with Gasteiger partial charge in [-0.05, 0) is 17.7 Å². The number of nitrogens with one attached hydrogen (secondary N) is 2. The average molecular weight is 470 g/mol. The van der Waals surface area contributed by atoms with Gasteiger partial charge in [0.15, 0.2) is 6.61 Å². The van der Waals surface area contributed by atoms with E-state index in [0.717, 1.165) is 5.56 Å². The van der Waals surface area contributed by atoms with E-state index in [-0.39, 0.29) is 52.0 Å². The van der Waals surface area contributed by atoms with Crippen molar-refractivity contribution in [2.45, 2.75) is 6.61 Å². The molecule has 0 aromatic heterocycles. The van der Waals surface area contributed by atoms with Gasteiger partial charge in [0.2, 0.25) is 11.8 Å². The zero-order valence-corrected chi connectivity index (χ0v) is 18.2. The van der Waals surface area contributed by atoms with Crippen LogP contribution in [0.25, 0.3) is 0 Å². The largest absolute Gasteiger partial charge is 0.452 e. The summed E-state index contributed by atoms with van der Waals surface area (Å²) in [7, 11) is 0. The molecule has 0 radical (unpaired) electrons. The second kappa shape index (κ2) is 17.5. The molecule has 1 rings (SSSR count). The molecule has 1 aromatic rings. The predicted octanol–water partition coefficient (Wildman–Crippen LogP) is -2.00. The normalized spacial score (nSPS) is 10.5. The van der Waals surface area contributed by atoms with Crippen LogP contribution >= 0.6 is 0 Å². The van der Waals surface area contributed by atoms with Crippen molar-refractivity contribution in [2.24, 2.45) is 11.6 Å². The molecule has 0 atom stereocenters. The summed E-state index contributed by atoms with van der Waals surface area (Å²) < 4.78 is 20.3. The van der Waals surface area contributed by atoms with E-state index >= 15 is 0 Å². The van der Waals surface area contributed by atoms with Crippen molar-refractivity contribution in [1.82, 2.24) is 10.6 Å². The number of amides is 3. The third-order valence-electron chi connectivity index (χ3n) is 3.76. The zero-order valence-electron chi connectivity index (χ0n) is 18.2. The Hall–Kier alpha value is -3.10. The summed E-state index contributed by atoms with van der Waals surface area (Å²) in [4.78, 5) is 49.9. The Morgan fingerprint density at radius 1 is 0.758 bits per heavy atom. The van der Waals surface area contributed by atoms with Crippen molar-refractivity contribution in [1.29, 1.82) is 0 Å². The van der Waals surface area contributed by atoms with E-state index < -0.39 is 24.4 Å². The van der Waals surface area contributed by atoms with E-state index in [9.17, 15) is 19.2 Å². The van der Waals surface area contributed by atoms with Gasteiger partial charge in [-0.2, -0.15) is 0 Å². The number of rotatable bonds is 18. The monoisotopic (exact) mass is 470 g/mol. The van der Waals surface area contributed by atoms with E-state index in [2.05, 4.69) is 15.5 Å². The maximum atomic E-state index is 11.9. The molecule has 0 spiro atoms. The summed E-state index contributed by atoms with van der Waals surface area (Å²) >= 11 is 0. The lowest BCUT2D eigenvalue weighted by molar-refractivity contribution is -0.129. The van der Waals surface area contributed by atoms with E-state index in [1.165, 1.54) is 0 Å². The van der Waals surface area contributed by atoms with Gasteiger partial charge < -0.3 is 35.3 Å². The van der Waals surface area contributed by atoms with Crippen LogP contribution in [0.1, 0.15) is 15.9 Å². The number of nitrogens with two attached hydrogens (primary N) is 2. The number of hydrogen-bond acceptors (Lipinski definition) is 10. The smallest absolute Gasteiger partial charge is 0.338 e. The lowest BCUT2D eigenvalue weighted by Crippen LogP contribution is -2.32. The summed E-state index contributed by atoms with van der Waals surface area (Å²) in [6.07, 6.45) is 0. The van der Waals surface area contributed by atoms with Crippen LogP contribution in [0, 0.1) is 0 Å². The molecule has 1 aromatic carbocycles. The van der Waals surface area contributed by atoms with Crippen LogP contribution in [-0.4, -0.2) is 83.0 Å². The molecule has 3 amide bonds. The van der Waals surface area contributed by atoms with E-state index in [1.54, 1.807) is 24.3 Å². The van der Waals surface area contributed by atoms with Crippen LogP contribution in [0.4, 0.5) is 0 Å². The summed E-state index contributed by atoms with van der Waals surface area (Å²) in [5, 5.41) is 5.11. The molecular weight excluding hydrogens is 440 g/mol. The van der Waals surface area contributed by atoms with Crippen LogP contribution in [0.3, 0.4) is 0 Å². The van der Waals surface area contributed by atoms with Crippen molar-refractivity contribution in [3.63, 3.8) is 0 Å². The first-order chi connectivity index (χ1) is 15.9. The van der Waals surface area contributed by atoms with Gasteiger partial charge in [-0.1, -0.05) is 12.1 Å². The number of benzene rings is 1. The minimum absolute atomic E-state index is 0.223. The van der Waals surface area contributed by atoms with Gasteiger partial charge in [-0.3, -0.25) is 19.2 Å². The number of hydrogen-bond donors (Lipinski definition) is 4. The highest BCUT2D eigenvalue weighted by molar-refractivity contribution is 5.91. The predicted molar refractivity (Wildman–Crippen MR) is 113 cm³/mol. The minimum Gasteiger partial charge on any atom is -0.452 e. The van der Waals surface area contributed by atoms with Gasteiger partial charge in [0.1, 0.15) is 13.2 Å². The Balaban J connectivity index is 1.96. The first kappa shape index (κ1) is 27.9. The fourth-order valence-corrected chi connectivity index (χ4v) is 2.24. The SMILES string of the molecule is NOCc1ccc(C(=O)OCC(=O)NCCOCCOCCNC(=O)COCC(N)=O)cc1. The van der Waals surface area contributed by atoms with Gasteiger partial charge in [-0.25, -0.2) is 10.7 Å². The summed E-state index contributed by atoms with van der Waals surface area (Å²) in [6, 6.07) is 6.45.